The van der Waals surface area contributed by atoms with Crippen molar-refractivity contribution in [3.05, 3.63) is 29.8 Å². The number of anilines is 1. The SMILES string of the molecule is COCC1(C(=O)O)CCCN(C(=O)CCC2Cc3ccccc3NC2=O)C1. The number of nitrogens with one attached hydrogen (secondary N) is 1. The highest BCUT2D eigenvalue weighted by Gasteiger charge is 2.43. The summed E-state index contributed by atoms with van der Waals surface area (Å²) in [5.74, 6) is -1.32. The fourth-order valence-corrected chi connectivity index (χ4v) is 4.08. The maximum absolute atomic E-state index is 12.7. The maximum atomic E-state index is 12.7. The number of benzene rings is 1. The molecule has 2 heterocycles. The number of carbonyl (C=O) groups excluding carboxylic acids is 2. The number of hydrogen-bond acceptors (Lipinski definition) is 4. The second kappa shape index (κ2) is 8.08. The molecule has 2 unspecified atom stereocenters. The zero-order chi connectivity index (χ0) is 19.4. The molecule has 2 aliphatic rings. The van der Waals surface area contributed by atoms with E-state index in [1.807, 2.05) is 24.3 Å². The standard InChI is InChI=1S/C20H26N2O5/c1-27-13-20(19(25)26)9-4-10-22(12-20)17(23)8-7-15-11-14-5-2-3-6-16(14)21-18(15)24/h2-3,5-6,15H,4,7-13H2,1H3,(H,21,24)(H,25,26). The zero-order valence-corrected chi connectivity index (χ0v) is 15.6. The fourth-order valence-electron chi connectivity index (χ4n) is 4.08. The molecule has 2 aliphatic heterocycles. The van der Waals surface area contributed by atoms with Gasteiger partial charge in [0.05, 0.1) is 6.61 Å². The fraction of sp³-hybridized carbons (Fsp3) is 0.550. The van der Waals surface area contributed by atoms with E-state index in [0.29, 0.717) is 32.2 Å². The summed E-state index contributed by atoms with van der Waals surface area (Å²) >= 11 is 0. The van der Waals surface area contributed by atoms with Crippen molar-refractivity contribution in [3.8, 4) is 0 Å². The second-order valence-electron chi connectivity index (χ2n) is 7.52. The van der Waals surface area contributed by atoms with Crippen LogP contribution in [-0.2, 0) is 25.5 Å². The van der Waals surface area contributed by atoms with E-state index in [1.165, 1.54) is 7.11 Å². The van der Waals surface area contributed by atoms with Gasteiger partial charge >= 0.3 is 5.97 Å². The van der Waals surface area contributed by atoms with Crippen LogP contribution in [0.3, 0.4) is 0 Å². The number of para-hydroxylation sites is 1. The highest BCUT2D eigenvalue weighted by Crippen LogP contribution is 2.32. The van der Waals surface area contributed by atoms with Gasteiger partial charge in [-0.25, -0.2) is 0 Å². The van der Waals surface area contributed by atoms with Crippen LogP contribution in [0.4, 0.5) is 5.69 Å². The van der Waals surface area contributed by atoms with Crippen LogP contribution in [0.15, 0.2) is 24.3 Å². The summed E-state index contributed by atoms with van der Waals surface area (Å²) in [6, 6.07) is 7.69. The molecule has 146 valence electrons. The van der Waals surface area contributed by atoms with Gasteiger partial charge in [0.1, 0.15) is 5.41 Å². The first-order valence-electron chi connectivity index (χ1n) is 9.34. The molecule has 7 heteroatoms. The zero-order valence-electron chi connectivity index (χ0n) is 15.6. The summed E-state index contributed by atoms with van der Waals surface area (Å²) in [5.41, 5.74) is 0.883. The largest absolute Gasteiger partial charge is 0.481 e. The molecule has 7 nitrogen and oxygen atoms in total. The molecule has 27 heavy (non-hydrogen) atoms. The van der Waals surface area contributed by atoms with Crippen molar-refractivity contribution in [1.82, 2.24) is 4.90 Å². The molecular weight excluding hydrogens is 348 g/mol. The van der Waals surface area contributed by atoms with Gasteiger partial charge < -0.3 is 20.1 Å². The van der Waals surface area contributed by atoms with Gasteiger partial charge in [-0.15, -0.1) is 0 Å². The van der Waals surface area contributed by atoms with Gasteiger partial charge in [-0.05, 0) is 37.3 Å². The van der Waals surface area contributed by atoms with E-state index in [2.05, 4.69) is 5.32 Å². The van der Waals surface area contributed by atoms with Crippen molar-refractivity contribution >= 4 is 23.5 Å². The number of likely N-dealkylation sites (tertiary alicyclic amines) is 1. The molecule has 0 radical (unpaired) electrons. The monoisotopic (exact) mass is 374 g/mol. The third-order valence-electron chi connectivity index (χ3n) is 5.62. The Morgan fingerprint density at radius 3 is 2.89 bits per heavy atom. The van der Waals surface area contributed by atoms with Crippen molar-refractivity contribution in [1.29, 1.82) is 0 Å². The predicted octanol–water partition coefficient (Wildman–Crippen LogP) is 1.92. The van der Waals surface area contributed by atoms with Crippen LogP contribution < -0.4 is 5.32 Å². The van der Waals surface area contributed by atoms with E-state index in [4.69, 9.17) is 4.74 Å². The van der Waals surface area contributed by atoms with E-state index in [9.17, 15) is 19.5 Å². The van der Waals surface area contributed by atoms with Gasteiger partial charge in [-0.1, -0.05) is 18.2 Å². The first-order chi connectivity index (χ1) is 12.9. The van der Waals surface area contributed by atoms with E-state index in [0.717, 1.165) is 11.3 Å². The van der Waals surface area contributed by atoms with Crippen molar-refractivity contribution < 1.29 is 24.2 Å². The third-order valence-corrected chi connectivity index (χ3v) is 5.62. The number of carboxylic acid groups (broad SMARTS) is 1. The van der Waals surface area contributed by atoms with Gasteiger partial charge in [0, 0.05) is 38.2 Å². The number of amides is 2. The van der Waals surface area contributed by atoms with Gasteiger partial charge in [0.2, 0.25) is 11.8 Å². The van der Waals surface area contributed by atoms with E-state index in [1.54, 1.807) is 4.90 Å². The summed E-state index contributed by atoms with van der Waals surface area (Å²) < 4.78 is 5.10. The first kappa shape index (κ1) is 19.4. The summed E-state index contributed by atoms with van der Waals surface area (Å²) in [4.78, 5) is 38.3. The molecule has 0 saturated carbocycles. The Morgan fingerprint density at radius 2 is 2.15 bits per heavy atom. The minimum Gasteiger partial charge on any atom is -0.481 e. The number of aliphatic carboxylic acids is 1. The highest BCUT2D eigenvalue weighted by molar-refractivity contribution is 5.96. The Labute approximate surface area is 158 Å². The molecule has 3 rings (SSSR count). The Kier molecular flexibility index (Phi) is 5.79. The van der Waals surface area contributed by atoms with Crippen LogP contribution >= 0.6 is 0 Å². The summed E-state index contributed by atoms with van der Waals surface area (Å²) in [5, 5.41) is 12.5. The number of ether oxygens (including phenoxy) is 1. The third kappa shape index (κ3) is 4.13. The normalized spacial score (nSPS) is 24.9. The van der Waals surface area contributed by atoms with Crippen LogP contribution in [0.5, 0.6) is 0 Å². The molecule has 0 spiro atoms. The minimum atomic E-state index is -1.04. The lowest BCUT2D eigenvalue weighted by Crippen LogP contribution is -2.52. The quantitative estimate of drug-likeness (QED) is 0.793. The average Bonchev–Trinajstić information content (AvgIpc) is 2.66. The number of piperidine rings is 1. The van der Waals surface area contributed by atoms with E-state index < -0.39 is 11.4 Å². The number of hydrogen-bond donors (Lipinski definition) is 2. The number of rotatable bonds is 6. The number of carbonyl (C=O) groups is 3. The first-order valence-corrected chi connectivity index (χ1v) is 9.34. The number of nitrogens with zero attached hydrogens (tertiary/aromatic N) is 1. The van der Waals surface area contributed by atoms with Crippen LogP contribution in [0.1, 0.15) is 31.2 Å². The molecule has 2 amide bonds. The van der Waals surface area contributed by atoms with Crippen molar-refractivity contribution in [2.24, 2.45) is 11.3 Å². The van der Waals surface area contributed by atoms with Crippen molar-refractivity contribution in [3.63, 3.8) is 0 Å². The van der Waals surface area contributed by atoms with Crippen LogP contribution in [-0.4, -0.2) is 54.6 Å². The average molecular weight is 374 g/mol. The Bertz CT molecular complexity index is 731. The molecule has 2 atom stereocenters. The Hall–Kier alpha value is -2.41. The molecular formula is C20H26N2O5. The molecule has 0 aliphatic carbocycles. The highest BCUT2D eigenvalue weighted by atomic mass is 16.5. The van der Waals surface area contributed by atoms with Gasteiger partial charge in [-0.3, -0.25) is 14.4 Å². The molecule has 0 bridgehead atoms. The lowest BCUT2D eigenvalue weighted by molar-refractivity contribution is -0.159. The van der Waals surface area contributed by atoms with Gasteiger partial charge in [-0.2, -0.15) is 0 Å². The van der Waals surface area contributed by atoms with Gasteiger partial charge in [0.25, 0.3) is 0 Å². The second-order valence-corrected chi connectivity index (χ2v) is 7.52. The molecule has 1 saturated heterocycles. The topological polar surface area (TPSA) is 95.9 Å². The Balaban J connectivity index is 1.59. The number of fused-ring (bicyclic) bond motifs is 1. The molecule has 2 N–H and O–H groups in total. The predicted molar refractivity (Wildman–Crippen MR) is 99.3 cm³/mol. The van der Waals surface area contributed by atoms with Crippen molar-refractivity contribution in [2.45, 2.75) is 32.1 Å². The van der Waals surface area contributed by atoms with Crippen LogP contribution in [0, 0.1) is 11.3 Å². The van der Waals surface area contributed by atoms with Crippen molar-refractivity contribution in [2.75, 3.05) is 32.1 Å². The smallest absolute Gasteiger partial charge is 0.313 e. The van der Waals surface area contributed by atoms with E-state index >= 15 is 0 Å². The minimum absolute atomic E-state index is 0.0561. The summed E-state index contributed by atoms with van der Waals surface area (Å²) in [7, 11) is 1.48. The molecule has 1 fully saturated rings. The number of carboxylic acids is 1. The maximum Gasteiger partial charge on any atom is 0.313 e. The molecule has 1 aromatic rings. The van der Waals surface area contributed by atoms with Gasteiger partial charge in [0.15, 0.2) is 0 Å². The van der Waals surface area contributed by atoms with E-state index in [-0.39, 0.29) is 37.3 Å². The molecule has 0 aromatic heterocycles. The van der Waals surface area contributed by atoms with Crippen LogP contribution in [0.25, 0.3) is 0 Å². The summed E-state index contributed by atoms with van der Waals surface area (Å²) in [6.07, 6.45) is 2.46. The Morgan fingerprint density at radius 1 is 1.37 bits per heavy atom. The molecule has 1 aromatic carbocycles. The lowest BCUT2D eigenvalue weighted by Gasteiger charge is -2.39. The lowest BCUT2D eigenvalue weighted by atomic mass is 9.80. The van der Waals surface area contributed by atoms with Crippen LogP contribution in [0.2, 0.25) is 0 Å². The number of methoxy groups -OCH3 is 1. The summed E-state index contributed by atoms with van der Waals surface area (Å²) in [6.45, 7) is 0.805.